The number of aliphatic imine (C=N–C) groups is 2. The Morgan fingerprint density at radius 1 is 1.67 bits per heavy atom. The summed E-state index contributed by atoms with van der Waals surface area (Å²) in [5.74, 6) is 0. The number of hydrogen-bond acceptors (Lipinski definition) is 3. The molecule has 0 saturated carbocycles. The molecule has 2 unspecified atom stereocenters. The van der Waals surface area contributed by atoms with Gasteiger partial charge in [-0.05, 0) is 0 Å². The summed E-state index contributed by atoms with van der Waals surface area (Å²) in [5, 5.41) is 0.356. The minimum atomic E-state index is 0.356. The van der Waals surface area contributed by atoms with Gasteiger partial charge in [0.2, 0.25) is 0 Å². The van der Waals surface area contributed by atoms with Gasteiger partial charge in [-0.3, -0.25) is 9.98 Å². The molecule has 0 saturated heterocycles. The molecule has 0 spiro atoms. The monoisotopic (exact) mass is 137 g/mol. The maximum absolute atomic E-state index is 4.12. The van der Waals surface area contributed by atoms with E-state index in [4.69, 9.17) is 0 Å². The van der Waals surface area contributed by atoms with Gasteiger partial charge in [0.15, 0.2) is 0 Å². The Morgan fingerprint density at radius 2 is 2.67 bits per heavy atom. The zero-order valence-electron chi connectivity index (χ0n) is 4.74. The van der Waals surface area contributed by atoms with Crippen LogP contribution in [0, 0.1) is 6.54 Å². The first-order valence-electron chi connectivity index (χ1n) is 2.84. The molecule has 2 aliphatic heterocycles. The Kier molecular flexibility index (Phi) is 1.30. The van der Waals surface area contributed by atoms with Crippen molar-refractivity contribution >= 4 is 23.5 Å². The second kappa shape index (κ2) is 2.14. The second-order valence-electron chi connectivity index (χ2n) is 2.00. The molecule has 3 radical (unpaired) electrons. The third-order valence-electron chi connectivity index (χ3n) is 1.39. The van der Waals surface area contributed by atoms with Gasteiger partial charge in [-0.25, -0.2) is 0 Å². The number of fused-ring (bicyclic) bond motifs is 1. The second-order valence-corrected chi connectivity index (χ2v) is 2.93. The highest BCUT2D eigenvalue weighted by Gasteiger charge is 2.27. The molecule has 2 aliphatic rings. The highest BCUT2D eigenvalue weighted by Crippen LogP contribution is 2.28. The zero-order valence-corrected chi connectivity index (χ0v) is 5.56. The lowest BCUT2D eigenvalue weighted by Crippen LogP contribution is -2.21. The van der Waals surface area contributed by atoms with E-state index in [0.29, 0.717) is 11.3 Å². The average Bonchev–Trinajstić information content (AvgIpc) is 2.33. The lowest BCUT2D eigenvalue weighted by Gasteiger charge is -2.14. The Balaban J connectivity index is 2.13. The molecular formula is C6H5N2S. The van der Waals surface area contributed by atoms with E-state index < -0.39 is 0 Å². The smallest absolute Gasteiger partial charge is 0.132 e. The topological polar surface area (TPSA) is 24.7 Å². The quantitative estimate of drug-likeness (QED) is 0.486. The fraction of sp³-hybridized carbons (Fsp3) is 0.500. The van der Waals surface area contributed by atoms with E-state index in [1.54, 1.807) is 11.8 Å². The Bertz CT molecular complexity index is 164. The maximum Gasteiger partial charge on any atom is 0.132 e. The zero-order chi connectivity index (χ0) is 6.10. The van der Waals surface area contributed by atoms with Crippen LogP contribution in [0.2, 0.25) is 0 Å². The SMILES string of the molecule is [C]1N=CCC2N=[C]SC12. The van der Waals surface area contributed by atoms with Crippen molar-refractivity contribution in [3.05, 3.63) is 6.54 Å². The number of hydrogen-bond donors (Lipinski definition) is 0. The standard InChI is InChI=1S/C6H5N2S/c1-2-7-3-6-5(1)8-4-9-6/h2,5-6H,1H2. The van der Waals surface area contributed by atoms with Crippen LogP contribution in [0.3, 0.4) is 0 Å². The average molecular weight is 137 g/mol. The molecule has 0 amide bonds. The van der Waals surface area contributed by atoms with Crippen LogP contribution >= 0.6 is 11.8 Å². The van der Waals surface area contributed by atoms with E-state index in [1.807, 2.05) is 6.21 Å². The maximum atomic E-state index is 4.12. The van der Waals surface area contributed by atoms with Crippen LogP contribution in [0.1, 0.15) is 6.42 Å². The predicted octanol–water partition coefficient (Wildman–Crippen LogP) is 0.889. The van der Waals surface area contributed by atoms with E-state index in [2.05, 4.69) is 22.1 Å². The highest BCUT2D eigenvalue weighted by atomic mass is 32.2. The van der Waals surface area contributed by atoms with Gasteiger partial charge in [0.1, 0.15) is 12.1 Å². The van der Waals surface area contributed by atoms with Crippen LogP contribution in [-0.2, 0) is 0 Å². The normalized spacial score (nSPS) is 39.1. The molecule has 0 N–H and O–H groups in total. The largest absolute Gasteiger partial charge is 0.284 e. The van der Waals surface area contributed by atoms with Crippen LogP contribution in [0.15, 0.2) is 9.98 Å². The van der Waals surface area contributed by atoms with Crippen molar-refractivity contribution in [3.8, 4) is 0 Å². The Labute approximate surface area is 58.5 Å². The third-order valence-corrected chi connectivity index (χ3v) is 2.27. The van der Waals surface area contributed by atoms with Gasteiger partial charge in [0.25, 0.3) is 0 Å². The van der Waals surface area contributed by atoms with Crippen molar-refractivity contribution in [1.29, 1.82) is 0 Å². The summed E-state index contributed by atoms with van der Waals surface area (Å²) in [5.41, 5.74) is 2.86. The summed E-state index contributed by atoms with van der Waals surface area (Å²) in [6.07, 6.45) is 2.82. The van der Waals surface area contributed by atoms with E-state index in [0.717, 1.165) is 6.42 Å². The van der Waals surface area contributed by atoms with Gasteiger partial charge >= 0.3 is 0 Å². The van der Waals surface area contributed by atoms with Gasteiger partial charge in [-0.1, -0.05) is 11.8 Å². The van der Waals surface area contributed by atoms with Crippen LogP contribution in [0.4, 0.5) is 0 Å². The molecule has 0 fully saturated rings. The molecule has 2 atom stereocenters. The molecule has 0 aliphatic carbocycles. The molecule has 9 heavy (non-hydrogen) atoms. The molecule has 0 aromatic carbocycles. The summed E-state index contributed by atoms with van der Waals surface area (Å²) in [4.78, 5) is 8.04. The van der Waals surface area contributed by atoms with Gasteiger partial charge in [-0.2, -0.15) is 0 Å². The molecule has 0 aromatic rings. The highest BCUT2D eigenvalue weighted by molar-refractivity contribution is 8.13. The van der Waals surface area contributed by atoms with Crippen LogP contribution in [-0.4, -0.2) is 23.1 Å². The van der Waals surface area contributed by atoms with E-state index in [-0.39, 0.29) is 0 Å². The molecule has 45 valence electrons. The van der Waals surface area contributed by atoms with Gasteiger partial charge in [-0.15, -0.1) is 0 Å². The first kappa shape index (κ1) is 5.47. The Morgan fingerprint density at radius 3 is 3.56 bits per heavy atom. The van der Waals surface area contributed by atoms with Gasteiger partial charge in [0, 0.05) is 12.6 Å². The van der Waals surface area contributed by atoms with Crippen molar-refractivity contribution in [1.82, 2.24) is 0 Å². The summed E-state index contributed by atoms with van der Waals surface area (Å²) >= 11 is 1.58. The number of rotatable bonds is 0. The van der Waals surface area contributed by atoms with Crippen molar-refractivity contribution in [2.75, 3.05) is 0 Å². The number of thioether (sulfide) groups is 1. The van der Waals surface area contributed by atoms with Gasteiger partial charge < -0.3 is 0 Å². The van der Waals surface area contributed by atoms with E-state index in [9.17, 15) is 0 Å². The summed E-state index contributed by atoms with van der Waals surface area (Å²) in [6.45, 7) is 2.96. The fourth-order valence-electron chi connectivity index (χ4n) is 0.877. The Hall–Kier alpha value is -0.310. The molecular weight excluding hydrogens is 132 g/mol. The van der Waals surface area contributed by atoms with Gasteiger partial charge in [0.05, 0.1) is 11.3 Å². The van der Waals surface area contributed by atoms with Crippen LogP contribution < -0.4 is 0 Å². The summed E-state index contributed by atoms with van der Waals surface area (Å²) in [7, 11) is 0. The molecule has 0 bridgehead atoms. The first-order valence-corrected chi connectivity index (χ1v) is 3.72. The van der Waals surface area contributed by atoms with Crippen molar-refractivity contribution in [3.63, 3.8) is 0 Å². The summed E-state index contributed by atoms with van der Waals surface area (Å²) in [6, 6.07) is 0.382. The minimum Gasteiger partial charge on any atom is -0.284 e. The number of nitrogens with zero attached hydrogens (tertiary/aromatic N) is 2. The van der Waals surface area contributed by atoms with Crippen molar-refractivity contribution in [2.45, 2.75) is 17.7 Å². The minimum absolute atomic E-state index is 0.356. The first-order chi connectivity index (χ1) is 4.47. The fourth-order valence-corrected chi connectivity index (χ4v) is 1.63. The van der Waals surface area contributed by atoms with Crippen LogP contribution in [0.25, 0.3) is 0 Å². The van der Waals surface area contributed by atoms with Crippen molar-refractivity contribution < 1.29 is 0 Å². The van der Waals surface area contributed by atoms with E-state index in [1.165, 1.54) is 0 Å². The third kappa shape index (κ3) is 0.894. The van der Waals surface area contributed by atoms with Crippen molar-refractivity contribution in [2.24, 2.45) is 9.98 Å². The van der Waals surface area contributed by atoms with Crippen LogP contribution in [0.5, 0.6) is 0 Å². The molecule has 3 heteroatoms. The lowest BCUT2D eigenvalue weighted by atomic mass is 10.1. The van der Waals surface area contributed by atoms with E-state index >= 15 is 0 Å². The summed E-state index contributed by atoms with van der Waals surface area (Å²) < 4.78 is 0. The molecule has 2 rings (SSSR count). The molecule has 0 aromatic heterocycles. The molecule has 2 heterocycles. The predicted molar refractivity (Wildman–Crippen MR) is 39.0 cm³/mol. The lowest BCUT2D eigenvalue weighted by molar-refractivity contribution is 0.701. The molecule has 2 nitrogen and oxygen atoms in total.